The topological polar surface area (TPSA) is 24.5 Å². The van der Waals surface area contributed by atoms with Crippen molar-refractivity contribution in [3.05, 3.63) is 0 Å². The van der Waals surface area contributed by atoms with Crippen LogP contribution in [0.2, 0.25) is 0 Å². The second kappa shape index (κ2) is 10.8. The summed E-state index contributed by atoms with van der Waals surface area (Å²) in [6, 6.07) is 0. The van der Waals surface area contributed by atoms with Crippen LogP contribution in [0.4, 0.5) is 0 Å². The molecule has 0 radical (unpaired) electrons. The first kappa shape index (κ1) is 15.9. The molecule has 0 bridgehead atoms. The van der Waals surface area contributed by atoms with Gasteiger partial charge in [-0.3, -0.25) is 0 Å². The summed E-state index contributed by atoms with van der Waals surface area (Å²) < 4.78 is 5.95. The van der Waals surface area contributed by atoms with E-state index in [-0.39, 0.29) is 0 Å². The Balaban J connectivity index is 1.91. The number of hydrogen-bond acceptors (Lipinski definition) is 3. The minimum Gasteiger partial charge on any atom is -0.377 e. The molecule has 108 valence electrons. The van der Waals surface area contributed by atoms with Crippen LogP contribution in [0.3, 0.4) is 0 Å². The highest BCUT2D eigenvalue weighted by atomic mass is 16.5. The Kier molecular flexibility index (Phi) is 9.54. The fourth-order valence-electron chi connectivity index (χ4n) is 2.61. The van der Waals surface area contributed by atoms with Crippen LogP contribution in [-0.4, -0.2) is 50.3 Å². The highest BCUT2D eigenvalue weighted by molar-refractivity contribution is 4.64. The number of rotatable bonds is 9. The van der Waals surface area contributed by atoms with Crippen LogP contribution in [0.15, 0.2) is 0 Å². The largest absolute Gasteiger partial charge is 0.377 e. The zero-order valence-electron chi connectivity index (χ0n) is 12.4. The van der Waals surface area contributed by atoms with Gasteiger partial charge in [0.2, 0.25) is 0 Å². The van der Waals surface area contributed by atoms with E-state index in [2.05, 4.69) is 24.1 Å². The monoisotopic (exact) mass is 256 g/mol. The Morgan fingerprint density at radius 2 is 1.67 bits per heavy atom. The van der Waals surface area contributed by atoms with Gasteiger partial charge in [0.05, 0.1) is 12.7 Å². The Morgan fingerprint density at radius 1 is 1.00 bits per heavy atom. The van der Waals surface area contributed by atoms with Crippen LogP contribution in [-0.2, 0) is 4.74 Å². The van der Waals surface area contributed by atoms with E-state index in [4.69, 9.17) is 4.74 Å². The fraction of sp³-hybridized carbons (Fsp3) is 1.00. The van der Waals surface area contributed by atoms with Crippen LogP contribution in [0, 0.1) is 0 Å². The lowest BCUT2D eigenvalue weighted by Gasteiger charge is -2.19. The van der Waals surface area contributed by atoms with E-state index in [9.17, 15) is 0 Å². The third-order valence-corrected chi connectivity index (χ3v) is 3.93. The number of likely N-dealkylation sites (N-methyl/N-ethyl adjacent to an activating group) is 1. The summed E-state index contributed by atoms with van der Waals surface area (Å²) in [6.07, 6.45) is 8.63. The Labute approximate surface area is 113 Å². The Hall–Kier alpha value is -0.120. The van der Waals surface area contributed by atoms with Gasteiger partial charge in [-0.2, -0.15) is 0 Å². The van der Waals surface area contributed by atoms with Gasteiger partial charge < -0.3 is 15.0 Å². The second-order valence-corrected chi connectivity index (χ2v) is 5.26. The standard InChI is InChI=1S/C15H32N2O/c1-3-17(4-2)13-11-16-12-14-18-15-9-7-5-6-8-10-15/h15-16H,3-14H2,1-2H3. The SMILES string of the molecule is CCN(CC)CCNCCOC1CCCCCC1. The molecule has 0 aliphatic heterocycles. The molecule has 0 atom stereocenters. The van der Waals surface area contributed by atoms with Crippen molar-refractivity contribution in [1.29, 1.82) is 0 Å². The summed E-state index contributed by atoms with van der Waals surface area (Å²) in [6.45, 7) is 10.8. The predicted molar refractivity (Wildman–Crippen MR) is 78.1 cm³/mol. The number of nitrogens with zero attached hydrogens (tertiary/aromatic N) is 1. The van der Waals surface area contributed by atoms with Crippen LogP contribution in [0.25, 0.3) is 0 Å². The van der Waals surface area contributed by atoms with Crippen molar-refractivity contribution in [2.45, 2.75) is 58.5 Å². The van der Waals surface area contributed by atoms with E-state index in [1.807, 2.05) is 0 Å². The Bertz CT molecular complexity index is 175. The molecule has 1 aliphatic rings. The lowest BCUT2D eigenvalue weighted by atomic mass is 10.1. The maximum Gasteiger partial charge on any atom is 0.0594 e. The van der Waals surface area contributed by atoms with Crippen molar-refractivity contribution in [1.82, 2.24) is 10.2 Å². The molecular weight excluding hydrogens is 224 g/mol. The van der Waals surface area contributed by atoms with E-state index >= 15 is 0 Å². The average Bonchev–Trinajstić information content (AvgIpc) is 2.67. The molecule has 0 aromatic carbocycles. The maximum absolute atomic E-state index is 5.95. The molecule has 1 aliphatic carbocycles. The normalized spacial score (nSPS) is 18.2. The molecule has 0 aromatic heterocycles. The summed E-state index contributed by atoms with van der Waals surface area (Å²) in [7, 11) is 0. The molecule has 0 unspecified atom stereocenters. The van der Waals surface area contributed by atoms with Gasteiger partial charge in [0.1, 0.15) is 0 Å². The fourth-order valence-corrected chi connectivity index (χ4v) is 2.61. The van der Waals surface area contributed by atoms with Crippen LogP contribution < -0.4 is 5.32 Å². The summed E-state index contributed by atoms with van der Waals surface area (Å²) in [5.74, 6) is 0. The molecule has 18 heavy (non-hydrogen) atoms. The van der Waals surface area contributed by atoms with Crippen molar-refractivity contribution in [2.75, 3.05) is 39.3 Å². The van der Waals surface area contributed by atoms with Gasteiger partial charge in [-0.25, -0.2) is 0 Å². The van der Waals surface area contributed by atoms with Crippen molar-refractivity contribution in [3.8, 4) is 0 Å². The highest BCUT2D eigenvalue weighted by Gasteiger charge is 2.11. The maximum atomic E-state index is 5.95. The van der Waals surface area contributed by atoms with Gasteiger partial charge in [-0.05, 0) is 25.9 Å². The number of nitrogens with one attached hydrogen (secondary N) is 1. The molecule has 1 fully saturated rings. The molecule has 0 heterocycles. The van der Waals surface area contributed by atoms with Gasteiger partial charge in [-0.1, -0.05) is 39.5 Å². The van der Waals surface area contributed by atoms with E-state index in [1.54, 1.807) is 0 Å². The zero-order valence-corrected chi connectivity index (χ0v) is 12.4. The molecular formula is C15H32N2O. The van der Waals surface area contributed by atoms with E-state index in [0.717, 1.165) is 39.3 Å². The van der Waals surface area contributed by atoms with Gasteiger partial charge in [0.15, 0.2) is 0 Å². The molecule has 0 aromatic rings. The van der Waals surface area contributed by atoms with Gasteiger partial charge >= 0.3 is 0 Å². The van der Waals surface area contributed by atoms with Crippen molar-refractivity contribution in [3.63, 3.8) is 0 Å². The third-order valence-electron chi connectivity index (χ3n) is 3.93. The first-order chi connectivity index (χ1) is 8.86. The quantitative estimate of drug-likeness (QED) is 0.507. The molecule has 1 N–H and O–H groups in total. The highest BCUT2D eigenvalue weighted by Crippen LogP contribution is 2.19. The summed E-state index contributed by atoms with van der Waals surface area (Å²) in [4.78, 5) is 2.44. The van der Waals surface area contributed by atoms with Gasteiger partial charge in [0.25, 0.3) is 0 Å². The smallest absolute Gasteiger partial charge is 0.0594 e. The number of hydrogen-bond donors (Lipinski definition) is 1. The van der Waals surface area contributed by atoms with Crippen LogP contribution in [0.5, 0.6) is 0 Å². The molecule has 3 heteroatoms. The first-order valence-corrected chi connectivity index (χ1v) is 7.91. The van der Waals surface area contributed by atoms with Crippen molar-refractivity contribution >= 4 is 0 Å². The zero-order chi connectivity index (χ0) is 13.1. The predicted octanol–water partition coefficient (Wildman–Crippen LogP) is 2.66. The molecule has 0 spiro atoms. The Morgan fingerprint density at radius 3 is 2.28 bits per heavy atom. The molecule has 3 nitrogen and oxygen atoms in total. The summed E-state index contributed by atoms with van der Waals surface area (Å²) >= 11 is 0. The lowest BCUT2D eigenvalue weighted by molar-refractivity contribution is 0.0450. The van der Waals surface area contributed by atoms with Crippen LogP contribution in [0.1, 0.15) is 52.4 Å². The minimum absolute atomic E-state index is 0.539. The van der Waals surface area contributed by atoms with Crippen LogP contribution >= 0.6 is 0 Å². The first-order valence-electron chi connectivity index (χ1n) is 7.91. The van der Waals surface area contributed by atoms with E-state index < -0.39 is 0 Å². The molecule has 0 saturated heterocycles. The molecule has 1 saturated carbocycles. The minimum atomic E-state index is 0.539. The summed E-state index contributed by atoms with van der Waals surface area (Å²) in [5.41, 5.74) is 0. The lowest BCUT2D eigenvalue weighted by Crippen LogP contribution is -2.33. The van der Waals surface area contributed by atoms with E-state index in [1.165, 1.54) is 38.5 Å². The molecule has 1 rings (SSSR count). The van der Waals surface area contributed by atoms with E-state index in [0.29, 0.717) is 6.10 Å². The van der Waals surface area contributed by atoms with Crippen molar-refractivity contribution < 1.29 is 4.74 Å². The van der Waals surface area contributed by atoms with Gasteiger partial charge in [0, 0.05) is 19.6 Å². The second-order valence-electron chi connectivity index (χ2n) is 5.26. The third kappa shape index (κ3) is 7.34. The van der Waals surface area contributed by atoms with Gasteiger partial charge in [-0.15, -0.1) is 0 Å². The summed E-state index contributed by atoms with van der Waals surface area (Å²) in [5, 5.41) is 3.47. The molecule has 0 amide bonds. The average molecular weight is 256 g/mol. The van der Waals surface area contributed by atoms with Crippen molar-refractivity contribution in [2.24, 2.45) is 0 Å². The number of ether oxygens (including phenoxy) is 1.